The fraction of sp³-hybridized carbons (Fsp3) is 0.457. The number of nitrogens with zero attached hydrogens (tertiary/aromatic N) is 9. The van der Waals surface area contributed by atoms with Crippen LogP contribution in [0.4, 0.5) is 33.5 Å². The number of alkyl halides is 1. The Kier molecular flexibility index (Phi) is 11.4. The molecule has 0 radical (unpaired) electrons. The molecule has 6 aliphatic heterocycles. The summed E-state index contributed by atoms with van der Waals surface area (Å²) >= 11 is 0. The van der Waals surface area contributed by atoms with E-state index in [1.165, 1.54) is 19.3 Å². The predicted molar refractivity (Wildman–Crippen MR) is 244 cm³/mol. The largest absolute Gasteiger partial charge is 0.378 e. The molecular weight excluding hydrogens is 886 g/mol. The van der Waals surface area contributed by atoms with Gasteiger partial charge in [0, 0.05) is 93.4 Å². The minimum Gasteiger partial charge on any atom is -0.378 e. The maximum Gasteiger partial charge on any atom is 0.262 e. The zero-order chi connectivity index (χ0) is 46.9. The van der Waals surface area contributed by atoms with E-state index in [0.29, 0.717) is 55.1 Å². The van der Waals surface area contributed by atoms with Crippen molar-refractivity contribution >= 4 is 79.2 Å². The Bertz CT molecular complexity index is 2850. The number of sulfone groups is 1. The van der Waals surface area contributed by atoms with E-state index in [-0.39, 0.29) is 73.3 Å². The number of halogens is 1. The van der Waals surface area contributed by atoms with E-state index in [9.17, 15) is 36.8 Å². The molecule has 0 saturated carbocycles. The Balaban J connectivity index is 0.903. The van der Waals surface area contributed by atoms with Crippen LogP contribution in [0, 0.1) is 5.92 Å². The van der Waals surface area contributed by atoms with Crippen LogP contribution in [-0.4, -0.2) is 149 Å². The van der Waals surface area contributed by atoms with Gasteiger partial charge >= 0.3 is 0 Å². The van der Waals surface area contributed by atoms with Gasteiger partial charge in [0.1, 0.15) is 29.7 Å². The van der Waals surface area contributed by atoms with Gasteiger partial charge in [0.05, 0.1) is 40.8 Å². The van der Waals surface area contributed by atoms with Crippen LogP contribution in [0.25, 0.3) is 10.8 Å². The van der Waals surface area contributed by atoms with Crippen LogP contribution in [0.5, 0.6) is 0 Å². The topological polar surface area (TPSA) is 221 Å². The van der Waals surface area contributed by atoms with Crippen molar-refractivity contribution in [2.45, 2.75) is 74.7 Å². The Morgan fingerprint density at radius 2 is 1.73 bits per heavy atom. The number of aromatic nitrogens is 4. The second kappa shape index (κ2) is 17.2. The number of hydrogen-bond donors (Lipinski definition) is 2. The van der Waals surface area contributed by atoms with Gasteiger partial charge in [0.15, 0.2) is 9.84 Å². The monoisotopic (exact) mass is 935 g/mol. The average molecular weight is 936 g/mol. The van der Waals surface area contributed by atoms with Crippen molar-refractivity contribution in [1.29, 1.82) is 0 Å². The Morgan fingerprint density at radius 3 is 2.49 bits per heavy atom. The SMILES string of the molecule is C=CC(=O)N1CCCC1c1cnc(N2CC(C3CN(c4ccc5c(c4)C(=O)N(C4CCC(=O)NC4=O)C5=O)CCS3(=O)=O)C2C)c2cnc(Nc3ccnc(N4CC[C@@H](OC)[C@@H](F)C4)n3)cc12. The van der Waals surface area contributed by atoms with E-state index in [1.54, 1.807) is 46.6 Å². The van der Waals surface area contributed by atoms with Gasteiger partial charge in [-0.05, 0) is 74.4 Å². The molecule has 2 N–H and O–H groups in total. The zero-order valence-electron chi connectivity index (χ0n) is 37.0. The van der Waals surface area contributed by atoms with Crippen LogP contribution in [-0.2, 0) is 29.0 Å². The lowest BCUT2D eigenvalue weighted by Gasteiger charge is -2.52. The van der Waals surface area contributed by atoms with Crippen LogP contribution in [0.2, 0.25) is 0 Å². The van der Waals surface area contributed by atoms with E-state index in [1.807, 2.05) is 17.9 Å². The highest BCUT2D eigenvalue weighted by atomic mass is 32.2. The van der Waals surface area contributed by atoms with Gasteiger partial charge in [-0.2, -0.15) is 4.98 Å². The van der Waals surface area contributed by atoms with Crippen molar-refractivity contribution < 1.29 is 41.5 Å². The van der Waals surface area contributed by atoms with Gasteiger partial charge in [-0.25, -0.2) is 27.8 Å². The highest BCUT2D eigenvalue weighted by Crippen LogP contribution is 2.43. The summed E-state index contributed by atoms with van der Waals surface area (Å²) in [6, 6.07) is 6.80. The molecule has 0 aliphatic carbocycles. The van der Waals surface area contributed by atoms with Gasteiger partial charge in [-0.1, -0.05) is 6.58 Å². The van der Waals surface area contributed by atoms with Crippen LogP contribution >= 0.6 is 0 Å². The predicted octanol–water partition coefficient (Wildman–Crippen LogP) is 3.11. The number of fused-ring (bicyclic) bond motifs is 2. The molecule has 0 bridgehead atoms. The molecule has 21 heteroatoms. The number of ether oxygens (including phenoxy) is 1. The number of rotatable bonds is 10. The van der Waals surface area contributed by atoms with E-state index in [0.717, 1.165) is 34.1 Å². The lowest BCUT2D eigenvalue weighted by atomic mass is 9.85. The molecule has 3 aromatic heterocycles. The van der Waals surface area contributed by atoms with Crippen molar-refractivity contribution in [3.05, 3.63) is 78.3 Å². The number of likely N-dealkylation sites (tertiary alicyclic amines) is 1. The fourth-order valence-electron chi connectivity index (χ4n) is 10.7. The van der Waals surface area contributed by atoms with Crippen molar-refractivity contribution in [1.82, 2.24) is 35.1 Å². The number of anilines is 5. The number of carbonyl (C=O) groups is 5. The Labute approximate surface area is 385 Å². The molecule has 350 valence electrons. The second-order valence-corrected chi connectivity index (χ2v) is 20.4. The lowest BCUT2D eigenvalue weighted by Crippen LogP contribution is -2.64. The summed E-state index contributed by atoms with van der Waals surface area (Å²) in [5.41, 5.74) is 1.69. The molecule has 5 amide bonds. The summed E-state index contributed by atoms with van der Waals surface area (Å²) < 4.78 is 47.8. The first kappa shape index (κ1) is 44.2. The Hall–Kier alpha value is -6.61. The number of methoxy groups -OCH3 is 1. The van der Waals surface area contributed by atoms with Crippen molar-refractivity contribution in [3.63, 3.8) is 0 Å². The first-order valence-corrected chi connectivity index (χ1v) is 24.3. The summed E-state index contributed by atoms with van der Waals surface area (Å²) in [7, 11) is -2.04. The molecule has 7 atom stereocenters. The normalized spacial score (nSPS) is 27.3. The number of hydrogen-bond acceptors (Lipinski definition) is 16. The second-order valence-electron chi connectivity index (χ2n) is 18.0. The first-order valence-electron chi connectivity index (χ1n) is 22.6. The molecule has 1 aromatic carbocycles. The van der Waals surface area contributed by atoms with E-state index in [2.05, 4.69) is 32.1 Å². The van der Waals surface area contributed by atoms with Gasteiger partial charge < -0.3 is 29.7 Å². The highest BCUT2D eigenvalue weighted by Gasteiger charge is 2.50. The minimum absolute atomic E-state index is 0.00703. The van der Waals surface area contributed by atoms with Crippen molar-refractivity contribution in [2.24, 2.45) is 5.92 Å². The Morgan fingerprint density at radius 1 is 0.910 bits per heavy atom. The molecule has 9 heterocycles. The molecular formula is C46H50FN11O8S. The molecule has 4 aromatic rings. The lowest BCUT2D eigenvalue weighted by molar-refractivity contribution is -0.136. The molecule has 6 aliphatic rings. The third kappa shape index (κ3) is 7.80. The van der Waals surface area contributed by atoms with E-state index in [4.69, 9.17) is 14.7 Å². The fourth-order valence-corrected chi connectivity index (χ4v) is 12.7. The molecule has 19 nitrogen and oxygen atoms in total. The number of pyridine rings is 2. The number of piperidine rings is 2. The van der Waals surface area contributed by atoms with Crippen LogP contribution in [0.1, 0.15) is 71.3 Å². The van der Waals surface area contributed by atoms with Gasteiger partial charge in [0.2, 0.25) is 23.7 Å². The molecule has 0 spiro atoms. The van der Waals surface area contributed by atoms with Crippen molar-refractivity contribution in [3.8, 4) is 0 Å². The number of imide groups is 2. The number of amides is 5. The van der Waals surface area contributed by atoms with Gasteiger partial charge in [-0.15, -0.1) is 0 Å². The molecule has 5 saturated heterocycles. The molecule has 10 rings (SSSR count). The molecule has 67 heavy (non-hydrogen) atoms. The summed E-state index contributed by atoms with van der Waals surface area (Å²) in [4.78, 5) is 91.8. The third-order valence-electron chi connectivity index (χ3n) is 14.4. The minimum atomic E-state index is -3.55. The maximum absolute atomic E-state index is 14.8. The average Bonchev–Trinajstić information content (AvgIpc) is 3.90. The van der Waals surface area contributed by atoms with Crippen LogP contribution < -0.4 is 25.3 Å². The maximum atomic E-state index is 14.8. The summed E-state index contributed by atoms with van der Waals surface area (Å²) in [6.07, 6.45) is 6.84. The third-order valence-corrected chi connectivity index (χ3v) is 16.6. The smallest absolute Gasteiger partial charge is 0.262 e. The van der Waals surface area contributed by atoms with E-state index < -0.39 is 57.0 Å². The van der Waals surface area contributed by atoms with Gasteiger partial charge in [0.25, 0.3) is 11.8 Å². The number of carbonyl (C=O) groups excluding carboxylic acids is 5. The highest BCUT2D eigenvalue weighted by molar-refractivity contribution is 7.92. The number of nitrogens with one attached hydrogen (secondary N) is 2. The standard InChI is InChI=1S/C46H50FN11O8S/c1-4-41(60)56-14-5-6-34(56)30-20-50-42(31-21-49-39(19-28(30)31)51-38-11-13-48-46(52-38)55-15-12-36(66-3)33(47)23-55)57-22-32(25(57)2)37-24-54(16-17-67(37,64)65)26-7-8-27-29(18-26)45(63)58(44(27)62)35-9-10-40(59)53-43(35)61/h4,7-8,11,13,18-21,25,32-37H,1,5-6,9-10,12,14-17,22-24H2,2-3H3,(H,53,59,61)(H,48,49,51,52)/t25?,32?,33-,34?,35?,36+,37?/m0/s1. The summed E-state index contributed by atoms with van der Waals surface area (Å²) in [5, 5.41) is 6.28. The number of benzene rings is 1. The van der Waals surface area contributed by atoms with Crippen LogP contribution in [0.3, 0.4) is 0 Å². The van der Waals surface area contributed by atoms with Crippen LogP contribution in [0.15, 0.2) is 61.6 Å². The summed E-state index contributed by atoms with van der Waals surface area (Å²) in [6.45, 7) is 7.64. The van der Waals surface area contributed by atoms with Gasteiger partial charge in [-0.3, -0.25) is 34.2 Å². The van der Waals surface area contributed by atoms with E-state index >= 15 is 0 Å². The first-order chi connectivity index (χ1) is 32.2. The molecule has 5 fully saturated rings. The summed E-state index contributed by atoms with van der Waals surface area (Å²) in [5.74, 6) is -1.04. The quantitative estimate of drug-likeness (QED) is 0.172. The molecule has 5 unspecified atom stereocenters. The zero-order valence-corrected chi connectivity index (χ0v) is 37.8. The van der Waals surface area contributed by atoms with Crippen molar-refractivity contribution in [2.75, 3.05) is 72.1 Å².